The fraction of sp³-hybridized carbons (Fsp3) is 0.562. The quantitative estimate of drug-likeness (QED) is 0.897. The molecule has 0 radical (unpaired) electrons. The van der Waals surface area contributed by atoms with Gasteiger partial charge < -0.3 is 15.3 Å². The van der Waals surface area contributed by atoms with Gasteiger partial charge in [-0.25, -0.2) is 9.18 Å². The second-order valence-electron chi connectivity index (χ2n) is 6.16. The van der Waals surface area contributed by atoms with E-state index in [9.17, 15) is 9.18 Å². The van der Waals surface area contributed by atoms with E-state index in [4.69, 9.17) is 5.11 Å². The lowest BCUT2D eigenvalue weighted by atomic mass is 9.93. The molecule has 2 aliphatic rings. The maximum Gasteiger partial charge on any atom is 0.407 e. The van der Waals surface area contributed by atoms with E-state index < -0.39 is 11.8 Å². The molecule has 2 fully saturated rings. The predicted molar refractivity (Wildman–Crippen MR) is 78.3 cm³/mol. The first-order chi connectivity index (χ1) is 10.1. The molecule has 1 saturated carbocycles. The van der Waals surface area contributed by atoms with Crippen LogP contribution >= 0.6 is 0 Å². The van der Waals surface area contributed by atoms with Crippen molar-refractivity contribution in [1.82, 2.24) is 10.2 Å². The Morgan fingerprint density at radius 3 is 2.62 bits per heavy atom. The minimum atomic E-state index is -1.27. The largest absolute Gasteiger partial charge is 0.465 e. The molecule has 21 heavy (non-hydrogen) atoms. The van der Waals surface area contributed by atoms with E-state index in [1.807, 2.05) is 18.2 Å². The maximum absolute atomic E-state index is 14.6. The van der Waals surface area contributed by atoms with Gasteiger partial charge in [-0.15, -0.1) is 0 Å². The number of nitrogens with one attached hydrogen (secondary N) is 1. The van der Waals surface area contributed by atoms with Gasteiger partial charge in [-0.05, 0) is 12.0 Å². The molecule has 114 valence electrons. The molecule has 1 aliphatic carbocycles. The number of benzene rings is 1. The van der Waals surface area contributed by atoms with Crippen molar-refractivity contribution < 1.29 is 14.3 Å². The molecule has 2 atom stereocenters. The lowest BCUT2D eigenvalue weighted by Gasteiger charge is -2.35. The van der Waals surface area contributed by atoms with Crippen LogP contribution in [-0.4, -0.2) is 47.4 Å². The van der Waals surface area contributed by atoms with Crippen LogP contribution in [0.5, 0.6) is 0 Å². The summed E-state index contributed by atoms with van der Waals surface area (Å²) in [6.45, 7) is 0.912. The molecule has 4 nitrogen and oxygen atoms in total. The van der Waals surface area contributed by atoms with Crippen LogP contribution in [0.4, 0.5) is 9.18 Å². The second kappa shape index (κ2) is 5.64. The van der Waals surface area contributed by atoms with Crippen LogP contribution in [0.15, 0.2) is 30.3 Å². The van der Waals surface area contributed by atoms with Gasteiger partial charge in [0.15, 0.2) is 0 Å². The van der Waals surface area contributed by atoms with Gasteiger partial charge in [0.25, 0.3) is 0 Å². The minimum Gasteiger partial charge on any atom is -0.465 e. The minimum absolute atomic E-state index is 0.287. The number of hydrogen-bond donors (Lipinski definition) is 2. The van der Waals surface area contributed by atoms with E-state index in [-0.39, 0.29) is 12.8 Å². The van der Waals surface area contributed by atoms with Crippen molar-refractivity contribution in [3.63, 3.8) is 0 Å². The number of likely N-dealkylation sites (tertiary alicyclic amines) is 1. The lowest BCUT2D eigenvalue weighted by molar-refractivity contribution is 0.0566. The van der Waals surface area contributed by atoms with Gasteiger partial charge in [0.05, 0.1) is 0 Å². The molecular weight excluding hydrogens is 271 g/mol. The molecule has 1 aromatic rings. The molecule has 0 bridgehead atoms. The zero-order valence-electron chi connectivity index (χ0n) is 12.0. The third kappa shape index (κ3) is 3.35. The summed E-state index contributed by atoms with van der Waals surface area (Å²) in [5, 5.41) is 12.2. The van der Waals surface area contributed by atoms with Crippen molar-refractivity contribution in [3.8, 4) is 0 Å². The first-order valence-corrected chi connectivity index (χ1v) is 7.52. The summed E-state index contributed by atoms with van der Waals surface area (Å²) in [4.78, 5) is 12.1. The van der Waals surface area contributed by atoms with E-state index in [1.165, 1.54) is 10.5 Å². The topological polar surface area (TPSA) is 52.6 Å². The van der Waals surface area contributed by atoms with Crippen LogP contribution in [0.2, 0.25) is 0 Å². The molecule has 2 N–H and O–H groups in total. The predicted octanol–water partition coefficient (Wildman–Crippen LogP) is 2.61. The van der Waals surface area contributed by atoms with Crippen LogP contribution in [0.1, 0.15) is 30.7 Å². The van der Waals surface area contributed by atoms with Gasteiger partial charge in [-0.2, -0.15) is 0 Å². The number of amides is 1. The van der Waals surface area contributed by atoms with E-state index in [0.717, 1.165) is 6.42 Å². The average molecular weight is 292 g/mol. The highest BCUT2D eigenvalue weighted by atomic mass is 19.1. The Bertz CT molecular complexity index is 500. The van der Waals surface area contributed by atoms with E-state index >= 15 is 0 Å². The maximum atomic E-state index is 14.6. The van der Waals surface area contributed by atoms with Crippen LogP contribution in [-0.2, 0) is 0 Å². The fourth-order valence-electron chi connectivity index (χ4n) is 3.08. The number of piperidine rings is 1. The normalized spacial score (nSPS) is 27.4. The summed E-state index contributed by atoms with van der Waals surface area (Å²) >= 11 is 0. The molecule has 1 amide bonds. The van der Waals surface area contributed by atoms with Crippen molar-refractivity contribution in [2.24, 2.45) is 0 Å². The van der Waals surface area contributed by atoms with Gasteiger partial charge in [0, 0.05) is 44.4 Å². The van der Waals surface area contributed by atoms with Crippen LogP contribution in [0.25, 0.3) is 0 Å². The Hall–Kier alpha value is -1.62. The van der Waals surface area contributed by atoms with Crippen LogP contribution < -0.4 is 5.32 Å². The Balaban J connectivity index is 1.45. The molecule has 0 spiro atoms. The fourth-order valence-corrected chi connectivity index (χ4v) is 3.08. The molecule has 1 aromatic carbocycles. The Morgan fingerprint density at radius 1 is 1.33 bits per heavy atom. The molecule has 1 heterocycles. The summed E-state index contributed by atoms with van der Waals surface area (Å²) in [7, 11) is 0. The standard InChI is InChI=1S/C16H21FN2O2/c17-16(6-8-19(9-7-16)15(20)21)11-18-14-10-13(14)12-4-2-1-3-5-12/h1-5,13-14,18H,6-11H2,(H,20,21). The third-order valence-electron chi connectivity index (χ3n) is 4.63. The molecule has 5 heteroatoms. The van der Waals surface area contributed by atoms with Gasteiger partial charge in [0.2, 0.25) is 0 Å². The van der Waals surface area contributed by atoms with Gasteiger partial charge in [-0.1, -0.05) is 30.3 Å². The second-order valence-corrected chi connectivity index (χ2v) is 6.16. The van der Waals surface area contributed by atoms with Crippen LogP contribution in [0.3, 0.4) is 0 Å². The summed E-state index contributed by atoms with van der Waals surface area (Å²) in [6.07, 6.45) is 0.683. The third-order valence-corrected chi connectivity index (χ3v) is 4.63. The summed E-state index contributed by atoms with van der Waals surface area (Å²) < 4.78 is 14.6. The summed E-state index contributed by atoms with van der Waals surface area (Å²) in [5.41, 5.74) is 0.0408. The number of halogens is 1. The monoisotopic (exact) mass is 292 g/mol. The smallest absolute Gasteiger partial charge is 0.407 e. The number of alkyl halides is 1. The van der Waals surface area contributed by atoms with E-state index in [0.29, 0.717) is 31.6 Å². The molecule has 0 aromatic heterocycles. The molecule has 2 unspecified atom stereocenters. The summed E-state index contributed by atoms with van der Waals surface area (Å²) in [5.74, 6) is 0.494. The number of hydrogen-bond acceptors (Lipinski definition) is 2. The Labute approximate surface area is 124 Å². The van der Waals surface area contributed by atoms with E-state index in [1.54, 1.807) is 0 Å². The highest BCUT2D eigenvalue weighted by Crippen LogP contribution is 2.41. The molecule has 1 saturated heterocycles. The van der Waals surface area contributed by atoms with Crippen LogP contribution in [0, 0.1) is 0 Å². The van der Waals surface area contributed by atoms with Crippen molar-refractivity contribution in [2.45, 2.75) is 36.9 Å². The van der Waals surface area contributed by atoms with Gasteiger partial charge in [-0.3, -0.25) is 0 Å². The van der Waals surface area contributed by atoms with Crippen molar-refractivity contribution in [1.29, 1.82) is 0 Å². The summed E-state index contributed by atoms with van der Waals surface area (Å²) in [6, 6.07) is 10.6. The van der Waals surface area contributed by atoms with Gasteiger partial charge >= 0.3 is 6.09 Å². The van der Waals surface area contributed by atoms with E-state index in [2.05, 4.69) is 17.4 Å². The van der Waals surface area contributed by atoms with Crippen molar-refractivity contribution in [2.75, 3.05) is 19.6 Å². The zero-order chi connectivity index (χ0) is 14.9. The Morgan fingerprint density at radius 2 is 2.00 bits per heavy atom. The number of rotatable bonds is 4. The highest BCUT2D eigenvalue weighted by molar-refractivity contribution is 5.65. The number of carboxylic acid groups (broad SMARTS) is 1. The Kier molecular flexibility index (Phi) is 3.85. The van der Waals surface area contributed by atoms with Gasteiger partial charge in [0.1, 0.15) is 5.67 Å². The molecular formula is C16H21FN2O2. The SMILES string of the molecule is O=C(O)N1CCC(F)(CNC2CC2c2ccccc2)CC1. The zero-order valence-corrected chi connectivity index (χ0v) is 12.0. The first kappa shape index (κ1) is 14.3. The average Bonchev–Trinajstić information content (AvgIpc) is 3.26. The van der Waals surface area contributed by atoms with Crippen molar-refractivity contribution >= 4 is 6.09 Å². The van der Waals surface area contributed by atoms with Crippen molar-refractivity contribution in [3.05, 3.63) is 35.9 Å². The highest BCUT2D eigenvalue weighted by Gasteiger charge is 2.41. The molecule has 1 aliphatic heterocycles. The number of carbonyl (C=O) groups is 1. The number of nitrogens with zero attached hydrogens (tertiary/aromatic N) is 1. The first-order valence-electron chi connectivity index (χ1n) is 7.52. The lowest BCUT2D eigenvalue weighted by Crippen LogP contribution is -2.49. The molecule has 3 rings (SSSR count).